The Kier molecular flexibility index (Phi) is 8.10. The number of carbonyl (C=O) groups excluding carboxylic acids is 2. The highest BCUT2D eigenvalue weighted by Gasteiger charge is 2.32. The van der Waals surface area contributed by atoms with Crippen LogP contribution >= 0.6 is 0 Å². The minimum atomic E-state index is -3.74. The molecule has 2 aromatic rings. The molecular formula is C24H31N3O5S. The number of carbonyl (C=O) groups is 2. The minimum Gasteiger partial charge on any atom is -0.376 e. The number of nitrogens with one attached hydrogen (secondary N) is 2. The van der Waals surface area contributed by atoms with Gasteiger partial charge in [0, 0.05) is 13.2 Å². The SMILES string of the molecule is CC[C@@H](C(=O)Nc1ccccc1C(=O)NC[C@@H]1CCCO1)N(c1ccc(C)cc1)S(C)(=O)=O. The van der Waals surface area contributed by atoms with Gasteiger partial charge in [0.15, 0.2) is 0 Å². The topological polar surface area (TPSA) is 105 Å². The molecule has 0 radical (unpaired) electrons. The maximum atomic E-state index is 13.2. The van der Waals surface area contributed by atoms with Crippen molar-refractivity contribution >= 4 is 33.2 Å². The first-order valence-corrected chi connectivity index (χ1v) is 12.9. The van der Waals surface area contributed by atoms with Crippen LogP contribution in [0.1, 0.15) is 42.1 Å². The maximum Gasteiger partial charge on any atom is 0.253 e. The second-order valence-corrected chi connectivity index (χ2v) is 10.1. The van der Waals surface area contributed by atoms with Crippen LogP contribution in [0.3, 0.4) is 0 Å². The number of ether oxygens (including phenoxy) is 1. The van der Waals surface area contributed by atoms with Gasteiger partial charge in [-0.2, -0.15) is 0 Å². The van der Waals surface area contributed by atoms with Crippen molar-refractivity contribution in [3.8, 4) is 0 Å². The van der Waals surface area contributed by atoms with E-state index in [0.717, 1.165) is 29.0 Å². The predicted octanol–water partition coefficient (Wildman–Crippen LogP) is 3.09. The van der Waals surface area contributed by atoms with Gasteiger partial charge in [-0.05, 0) is 50.5 Å². The smallest absolute Gasteiger partial charge is 0.253 e. The highest BCUT2D eigenvalue weighted by atomic mass is 32.2. The van der Waals surface area contributed by atoms with Gasteiger partial charge in [0.05, 0.1) is 29.3 Å². The standard InChI is InChI=1S/C24H31N3O5S/c1-4-22(27(33(3,30)31)18-13-11-17(2)12-14-18)24(29)26-21-10-6-5-9-20(21)23(28)25-16-19-8-7-15-32-19/h5-6,9-14,19,22H,4,7-8,15-16H2,1-3H3,(H,25,28)(H,26,29)/t19-,22-/m0/s1. The summed E-state index contributed by atoms with van der Waals surface area (Å²) in [6.07, 6.45) is 3.20. The molecule has 2 N–H and O–H groups in total. The molecule has 0 bridgehead atoms. The van der Waals surface area contributed by atoms with Crippen LogP contribution in [-0.4, -0.2) is 51.8 Å². The van der Waals surface area contributed by atoms with Crippen molar-refractivity contribution in [1.82, 2.24) is 5.32 Å². The molecular weight excluding hydrogens is 442 g/mol. The number of nitrogens with zero attached hydrogens (tertiary/aromatic N) is 1. The molecule has 178 valence electrons. The highest BCUT2D eigenvalue weighted by Crippen LogP contribution is 2.24. The molecule has 2 amide bonds. The van der Waals surface area contributed by atoms with E-state index in [1.165, 1.54) is 0 Å². The summed E-state index contributed by atoms with van der Waals surface area (Å²) in [5.74, 6) is -0.837. The van der Waals surface area contributed by atoms with Gasteiger partial charge in [0.25, 0.3) is 5.91 Å². The fourth-order valence-corrected chi connectivity index (χ4v) is 5.08. The zero-order chi connectivity index (χ0) is 24.0. The number of sulfonamides is 1. The Bertz CT molecular complexity index is 1080. The number of benzene rings is 2. The second kappa shape index (κ2) is 10.8. The Morgan fingerprint density at radius 1 is 1.15 bits per heavy atom. The van der Waals surface area contributed by atoms with Gasteiger partial charge < -0.3 is 15.4 Å². The number of para-hydroxylation sites is 1. The van der Waals surface area contributed by atoms with Crippen molar-refractivity contribution in [3.05, 3.63) is 59.7 Å². The normalized spacial score (nSPS) is 16.8. The van der Waals surface area contributed by atoms with E-state index in [9.17, 15) is 18.0 Å². The lowest BCUT2D eigenvalue weighted by Crippen LogP contribution is -2.47. The van der Waals surface area contributed by atoms with Crippen LogP contribution in [0.2, 0.25) is 0 Å². The average Bonchev–Trinajstić information content (AvgIpc) is 3.30. The Morgan fingerprint density at radius 3 is 2.45 bits per heavy atom. The van der Waals surface area contributed by atoms with Gasteiger partial charge in [-0.3, -0.25) is 13.9 Å². The molecule has 0 unspecified atom stereocenters. The van der Waals surface area contributed by atoms with Crippen molar-refractivity contribution in [2.24, 2.45) is 0 Å². The first kappa shape index (κ1) is 24.7. The molecule has 33 heavy (non-hydrogen) atoms. The molecule has 2 atom stereocenters. The van der Waals surface area contributed by atoms with Crippen LogP contribution < -0.4 is 14.9 Å². The Morgan fingerprint density at radius 2 is 1.85 bits per heavy atom. The number of rotatable bonds is 9. The van der Waals surface area contributed by atoms with E-state index in [1.807, 2.05) is 6.92 Å². The molecule has 0 aliphatic carbocycles. The first-order chi connectivity index (χ1) is 15.7. The number of amides is 2. The van der Waals surface area contributed by atoms with Gasteiger partial charge in [-0.1, -0.05) is 36.8 Å². The highest BCUT2D eigenvalue weighted by molar-refractivity contribution is 7.92. The molecule has 3 rings (SSSR count). The second-order valence-electron chi connectivity index (χ2n) is 8.20. The lowest BCUT2D eigenvalue weighted by molar-refractivity contribution is -0.117. The van der Waals surface area contributed by atoms with E-state index in [2.05, 4.69) is 10.6 Å². The summed E-state index contributed by atoms with van der Waals surface area (Å²) in [6, 6.07) is 12.6. The Balaban J connectivity index is 1.81. The van der Waals surface area contributed by atoms with Gasteiger partial charge in [0.1, 0.15) is 6.04 Å². The third-order valence-corrected chi connectivity index (χ3v) is 6.74. The van der Waals surface area contributed by atoms with Crippen molar-refractivity contribution in [3.63, 3.8) is 0 Å². The van der Waals surface area contributed by atoms with Crippen LogP contribution in [-0.2, 0) is 19.6 Å². The summed E-state index contributed by atoms with van der Waals surface area (Å²) >= 11 is 0. The Hall–Kier alpha value is -2.91. The lowest BCUT2D eigenvalue weighted by Gasteiger charge is -2.30. The average molecular weight is 474 g/mol. The zero-order valence-electron chi connectivity index (χ0n) is 19.2. The molecule has 8 nitrogen and oxygen atoms in total. The van der Waals surface area contributed by atoms with E-state index in [-0.39, 0.29) is 18.4 Å². The van der Waals surface area contributed by atoms with Crippen LogP contribution in [0.4, 0.5) is 11.4 Å². The van der Waals surface area contributed by atoms with Crippen molar-refractivity contribution in [2.45, 2.75) is 45.3 Å². The molecule has 0 spiro atoms. The van der Waals surface area contributed by atoms with Crippen molar-refractivity contribution in [1.29, 1.82) is 0 Å². The van der Waals surface area contributed by atoms with Crippen LogP contribution in [0, 0.1) is 6.92 Å². The monoisotopic (exact) mass is 473 g/mol. The van der Waals surface area contributed by atoms with E-state index >= 15 is 0 Å². The summed E-state index contributed by atoms with van der Waals surface area (Å²) in [4.78, 5) is 26.0. The summed E-state index contributed by atoms with van der Waals surface area (Å²) in [5.41, 5.74) is 2.02. The van der Waals surface area contributed by atoms with Crippen molar-refractivity contribution in [2.75, 3.05) is 29.0 Å². The van der Waals surface area contributed by atoms with Crippen LogP contribution in [0.25, 0.3) is 0 Å². The van der Waals surface area contributed by atoms with Gasteiger partial charge >= 0.3 is 0 Å². The third kappa shape index (κ3) is 6.33. The molecule has 1 fully saturated rings. The molecule has 1 aliphatic heterocycles. The summed E-state index contributed by atoms with van der Waals surface area (Å²) < 4.78 is 31.9. The molecule has 1 saturated heterocycles. The van der Waals surface area contributed by atoms with Crippen LogP contribution in [0.5, 0.6) is 0 Å². The van der Waals surface area contributed by atoms with E-state index in [4.69, 9.17) is 4.74 Å². The van der Waals surface area contributed by atoms with Crippen molar-refractivity contribution < 1.29 is 22.7 Å². The quantitative estimate of drug-likeness (QED) is 0.582. The molecule has 0 saturated carbocycles. The van der Waals surface area contributed by atoms with Gasteiger partial charge in [-0.25, -0.2) is 8.42 Å². The summed E-state index contributed by atoms with van der Waals surface area (Å²) in [7, 11) is -3.74. The number of hydrogen-bond acceptors (Lipinski definition) is 5. The Labute approximate surface area is 195 Å². The summed E-state index contributed by atoms with van der Waals surface area (Å²) in [5, 5.41) is 5.62. The molecule has 1 aliphatic rings. The third-order valence-electron chi connectivity index (χ3n) is 5.56. The fraction of sp³-hybridized carbons (Fsp3) is 0.417. The largest absolute Gasteiger partial charge is 0.376 e. The predicted molar refractivity (Wildman–Crippen MR) is 129 cm³/mol. The van der Waals surface area contributed by atoms with Gasteiger partial charge in [-0.15, -0.1) is 0 Å². The van der Waals surface area contributed by atoms with E-state index in [0.29, 0.717) is 30.1 Å². The fourth-order valence-electron chi connectivity index (χ4n) is 3.87. The molecule has 1 heterocycles. The van der Waals surface area contributed by atoms with E-state index in [1.54, 1.807) is 55.5 Å². The van der Waals surface area contributed by atoms with Crippen LogP contribution in [0.15, 0.2) is 48.5 Å². The number of aryl methyl sites for hydroxylation is 1. The summed E-state index contributed by atoms with van der Waals surface area (Å²) in [6.45, 7) is 4.74. The van der Waals surface area contributed by atoms with Gasteiger partial charge in [0.2, 0.25) is 15.9 Å². The zero-order valence-corrected chi connectivity index (χ0v) is 20.0. The number of anilines is 2. The molecule has 2 aromatic carbocycles. The molecule has 9 heteroatoms. The van der Waals surface area contributed by atoms with E-state index < -0.39 is 22.0 Å². The number of hydrogen-bond donors (Lipinski definition) is 2. The maximum absolute atomic E-state index is 13.2. The molecule has 0 aromatic heterocycles. The lowest BCUT2D eigenvalue weighted by atomic mass is 10.1. The minimum absolute atomic E-state index is 0.00185. The first-order valence-electron chi connectivity index (χ1n) is 11.1.